The lowest BCUT2D eigenvalue weighted by Crippen LogP contribution is -1.94. The number of hydrogen-bond acceptors (Lipinski definition) is 1. The highest BCUT2D eigenvalue weighted by atomic mass is 15.0. The summed E-state index contributed by atoms with van der Waals surface area (Å²) in [6.07, 6.45) is 0. The van der Waals surface area contributed by atoms with Crippen LogP contribution in [-0.4, -0.2) is 9.13 Å². The lowest BCUT2D eigenvalue weighted by atomic mass is 10.0. The zero-order chi connectivity index (χ0) is 31.5. The van der Waals surface area contributed by atoms with Gasteiger partial charge in [-0.2, -0.15) is 5.26 Å². The molecule has 2 heterocycles. The van der Waals surface area contributed by atoms with Crippen LogP contribution in [0.15, 0.2) is 158 Å². The summed E-state index contributed by atoms with van der Waals surface area (Å²) in [5.74, 6) is 0. The van der Waals surface area contributed by atoms with E-state index in [1.54, 1.807) is 0 Å². The SMILES string of the molecule is Cc1ccc2c(c1)c1cc(-c3ccc4c(c3)c3ccccc3n4-c3ccc(-c4ccc(C#N)cc4)cc3)ccc1n2-c1ccccc1. The van der Waals surface area contributed by atoms with Gasteiger partial charge in [0.25, 0.3) is 0 Å². The molecule has 3 heteroatoms. The molecule has 0 aliphatic rings. The van der Waals surface area contributed by atoms with Gasteiger partial charge in [-0.05, 0) is 108 Å². The second kappa shape index (κ2) is 10.6. The highest BCUT2D eigenvalue weighted by molar-refractivity contribution is 6.12. The van der Waals surface area contributed by atoms with Gasteiger partial charge in [0.15, 0.2) is 0 Å². The first-order chi connectivity index (χ1) is 23.2. The van der Waals surface area contributed by atoms with Gasteiger partial charge in [0.05, 0.1) is 33.7 Å². The number of nitriles is 1. The molecule has 0 aliphatic heterocycles. The van der Waals surface area contributed by atoms with Gasteiger partial charge in [-0.15, -0.1) is 0 Å². The number of fused-ring (bicyclic) bond motifs is 6. The van der Waals surface area contributed by atoms with Crippen molar-refractivity contribution < 1.29 is 0 Å². The molecular formula is C44H29N3. The average molecular weight is 600 g/mol. The van der Waals surface area contributed by atoms with Crippen molar-refractivity contribution in [2.75, 3.05) is 0 Å². The fourth-order valence-corrected chi connectivity index (χ4v) is 7.14. The fourth-order valence-electron chi connectivity index (χ4n) is 7.14. The average Bonchev–Trinajstić information content (AvgIpc) is 3.64. The van der Waals surface area contributed by atoms with E-state index in [9.17, 15) is 5.26 Å². The minimum absolute atomic E-state index is 0.670. The number of para-hydroxylation sites is 2. The molecule has 0 amide bonds. The molecule has 0 fully saturated rings. The number of rotatable bonds is 4. The molecule has 0 saturated heterocycles. The lowest BCUT2D eigenvalue weighted by molar-refractivity contribution is 1.18. The van der Waals surface area contributed by atoms with Crippen LogP contribution in [0.4, 0.5) is 0 Å². The highest BCUT2D eigenvalue weighted by Gasteiger charge is 2.16. The Morgan fingerprint density at radius 1 is 0.404 bits per heavy atom. The molecule has 0 saturated carbocycles. The number of aromatic nitrogens is 2. The molecule has 0 bridgehead atoms. The molecular weight excluding hydrogens is 571 g/mol. The Morgan fingerprint density at radius 3 is 1.51 bits per heavy atom. The molecule has 0 atom stereocenters. The van der Waals surface area contributed by atoms with E-state index < -0.39 is 0 Å². The first kappa shape index (κ1) is 27.0. The van der Waals surface area contributed by atoms with Crippen LogP contribution in [-0.2, 0) is 0 Å². The summed E-state index contributed by atoms with van der Waals surface area (Å²) in [5, 5.41) is 14.2. The monoisotopic (exact) mass is 599 g/mol. The molecule has 2 aromatic heterocycles. The number of nitrogens with zero attached hydrogens (tertiary/aromatic N) is 3. The smallest absolute Gasteiger partial charge is 0.0991 e. The maximum atomic E-state index is 9.17. The van der Waals surface area contributed by atoms with Gasteiger partial charge in [-0.3, -0.25) is 0 Å². The largest absolute Gasteiger partial charge is 0.309 e. The van der Waals surface area contributed by atoms with Crippen LogP contribution in [0.5, 0.6) is 0 Å². The van der Waals surface area contributed by atoms with Crippen LogP contribution in [0.25, 0.3) is 77.2 Å². The van der Waals surface area contributed by atoms with Crippen molar-refractivity contribution in [2.24, 2.45) is 0 Å². The van der Waals surface area contributed by atoms with Crippen molar-refractivity contribution in [2.45, 2.75) is 6.92 Å². The van der Waals surface area contributed by atoms with Gasteiger partial charge in [-0.1, -0.05) is 84.4 Å². The van der Waals surface area contributed by atoms with Crippen molar-refractivity contribution in [1.29, 1.82) is 5.26 Å². The number of benzene rings is 7. The maximum Gasteiger partial charge on any atom is 0.0991 e. The Bertz CT molecular complexity index is 2670. The Balaban J connectivity index is 1.18. The Labute approximate surface area is 272 Å². The van der Waals surface area contributed by atoms with Gasteiger partial charge < -0.3 is 9.13 Å². The minimum Gasteiger partial charge on any atom is -0.309 e. The molecule has 47 heavy (non-hydrogen) atoms. The van der Waals surface area contributed by atoms with E-state index in [4.69, 9.17) is 0 Å². The van der Waals surface area contributed by atoms with Crippen molar-refractivity contribution >= 4 is 43.6 Å². The fraction of sp³-hybridized carbons (Fsp3) is 0.0227. The van der Waals surface area contributed by atoms with Gasteiger partial charge >= 0.3 is 0 Å². The molecule has 7 aromatic carbocycles. The summed E-state index contributed by atoms with van der Waals surface area (Å²) >= 11 is 0. The van der Waals surface area contributed by atoms with E-state index in [2.05, 4.69) is 156 Å². The predicted octanol–water partition coefficient (Wildman–Crippen LogP) is 11.4. The van der Waals surface area contributed by atoms with Crippen molar-refractivity contribution in [1.82, 2.24) is 9.13 Å². The van der Waals surface area contributed by atoms with Crippen LogP contribution in [0.1, 0.15) is 11.1 Å². The van der Waals surface area contributed by atoms with Crippen molar-refractivity contribution in [3.05, 3.63) is 169 Å². The van der Waals surface area contributed by atoms with E-state index >= 15 is 0 Å². The van der Waals surface area contributed by atoms with Crippen LogP contribution in [0.2, 0.25) is 0 Å². The van der Waals surface area contributed by atoms with Gasteiger partial charge in [-0.25, -0.2) is 0 Å². The first-order valence-corrected chi connectivity index (χ1v) is 15.9. The summed E-state index contributed by atoms with van der Waals surface area (Å²) < 4.78 is 4.73. The third-order valence-corrected chi connectivity index (χ3v) is 9.41. The topological polar surface area (TPSA) is 33.6 Å². The zero-order valence-corrected chi connectivity index (χ0v) is 25.9. The molecule has 0 aliphatic carbocycles. The van der Waals surface area contributed by atoms with Gasteiger partial charge in [0.1, 0.15) is 0 Å². The summed E-state index contributed by atoms with van der Waals surface area (Å²) in [6, 6.07) is 58.5. The molecule has 3 nitrogen and oxygen atoms in total. The van der Waals surface area contributed by atoms with Crippen molar-refractivity contribution in [3.63, 3.8) is 0 Å². The lowest BCUT2D eigenvalue weighted by Gasteiger charge is -2.10. The molecule has 9 rings (SSSR count). The summed E-state index contributed by atoms with van der Waals surface area (Å²) in [6.45, 7) is 2.17. The third-order valence-electron chi connectivity index (χ3n) is 9.41. The first-order valence-electron chi connectivity index (χ1n) is 15.9. The molecule has 9 aromatic rings. The Morgan fingerprint density at radius 2 is 0.872 bits per heavy atom. The highest BCUT2D eigenvalue weighted by Crippen LogP contribution is 2.38. The third kappa shape index (κ3) is 4.35. The van der Waals surface area contributed by atoms with E-state index in [0.717, 1.165) is 16.8 Å². The summed E-state index contributed by atoms with van der Waals surface area (Å²) in [5.41, 5.74) is 13.6. The molecule has 220 valence electrons. The second-order valence-corrected chi connectivity index (χ2v) is 12.2. The van der Waals surface area contributed by atoms with Crippen LogP contribution >= 0.6 is 0 Å². The van der Waals surface area contributed by atoms with E-state index in [-0.39, 0.29) is 0 Å². The molecule has 0 spiro atoms. The Hall–Kier alpha value is -6.37. The summed E-state index contributed by atoms with van der Waals surface area (Å²) in [4.78, 5) is 0. The van der Waals surface area contributed by atoms with E-state index in [1.807, 2.05) is 24.3 Å². The second-order valence-electron chi connectivity index (χ2n) is 12.2. The summed E-state index contributed by atoms with van der Waals surface area (Å²) in [7, 11) is 0. The molecule has 0 radical (unpaired) electrons. The Kier molecular flexibility index (Phi) is 6.10. The standard InChI is InChI=1S/C44H29N3/c1-29-11-22-42-38(25-29)40-27-34(19-24-44(40)46(42)35-7-3-2-4-8-35)33-18-23-43-39(26-33)37-9-5-6-10-41(37)47(43)36-20-16-32(17-21-36)31-14-12-30(28-45)13-15-31/h2-27H,1H3. The zero-order valence-electron chi connectivity index (χ0n) is 25.9. The van der Waals surface area contributed by atoms with Gasteiger partial charge in [0, 0.05) is 32.9 Å². The van der Waals surface area contributed by atoms with Crippen LogP contribution in [0, 0.1) is 18.3 Å². The quantitative estimate of drug-likeness (QED) is 0.198. The predicted molar refractivity (Wildman–Crippen MR) is 195 cm³/mol. The van der Waals surface area contributed by atoms with Crippen molar-refractivity contribution in [3.8, 4) is 39.7 Å². The maximum absolute atomic E-state index is 9.17. The number of hydrogen-bond donors (Lipinski definition) is 0. The normalized spacial score (nSPS) is 11.5. The van der Waals surface area contributed by atoms with E-state index in [0.29, 0.717) is 5.56 Å². The van der Waals surface area contributed by atoms with Crippen LogP contribution in [0.3, 0.4) is 0 Å². The molecule has 0 N–H and O–H groups in total. The minimum atomic E-state index is 0.670. The van der Waals surface area contributed by atoms with E-state index in [1.165, 1.54) is 66.0 Å². The molecule has 0 unspecified atom stereocenters. The van der Waals surface area contributed by atoms with Gasteiger partial charge in [0.2, 0.25) is 0 Å². The van der Waals surface area contributed by atoms with Crippen LogP contribution < -0.4 is 0 Å². The number of aryl methyl sites for hydroxylation is 1.